The molecule has 0 unspecified atom stereocenters. The number of aromatic nitrogens is 2. The maximum Gasteiger partial charge on any atom is 0.242 e. The van der Waals surface area contributed by atoms with Crippen molar-refractivity contribution in [3.05, 3.63) is 16.8 Å². The predicted octanol–water partition coefficient (Wildman–Crippen LogP) is 1.75. The zero-order valence-corrected chi connectivity index (χ0v) is 15.7. The number of amides is 1. The molecule has 0 bridgehead atoms. The molecule has 0 aliphatic heterocycles. The first-order valence-corrected chi connectivity index (χ1v) is 10.4. The molecule has 1 amide bonds. The molecule has 2 aromatic heterocycles. The summed E-state index contributed by atoms with van der Waals surface area (Å²) in [6, 6.07) is 1.66. The van der Waals surface area contributed by atoms with Crippen LogP contribution in [0.4, 0.5) is 0 Å². The summed E-state index contributed by atoms with van der Waals surface area (Å²) in [6.45, 7) is 3.10. The molecule has 8 nitrogen and oxygen atoms in total. The molecule has 10 heteroatoms. The van der Waals surface area contributed by atoms with E-state index in [1.54, 1.807) is 13.8 Å². The van der Waals surface area contributed by atoms with Gasteiger partial charge in [-0.15, -0.1) is 11.3 Å². The molecular weight excluding hydrogens is 364 g/mol. The molecule has 1 saturated carbocycles. The van der Waals surface area contributed by atoms with Crippen LogP contribution in [0.15, 0.2) is 15.5 Å². The van der Waals surface area contributed by atoms with Gasteiger partial charge >= 0.3 is 0 Å². The topological polar surface area (TPSA) is 114 Å². The first-order chi connectivity index (χ1) is 11.8. The number of sulfonamides is 1. The first kappa shape index (κ1) is 18.0. The predicted molar refractivity (Wildman–Crippen MR) is 92.7 cm³/mol. The molecule has 0 spiro atoms. The van der Waals surface area contributed by atoms with E-state index in [2.05, 4.69) is 20.2 Å². The molecule has 0 aromatic carbocycles. The number of nitrogens with one attached hydrogen (secondary N) is 2. The number of nitrogens with zero attached hydrogens (tertiary/aromatic N) is 2. The lowest BCUT2D eigenvalue weighted by Gasteiger charge is -2.12. The molecule has 2 heterocycles. The molecule has 3 rings (SSSR count). The Bertz CT molecular complexity index is 866. The Morgan fingerprint density at radius 2 is 2.08 bits per heavy atom. The van der Waals surface area contributed by atoms with E-state index in [0.717, 1.165) is 25.7 Å². The number of rotatable bonds is 6. The maximum atomic E-state index is 12.5. The zero-order chi connectivity index (χ0) is 18.0. The Kier molecular flexibility index (Phi) is 5.21. The normalized spacial score (nSPS) is 15.6. The lowest BCUT2D eigenvalue weighted by molar-refractivity contribution is -0.120. The molecule has 0 atom stereocenters. The minimum absolute atomic E-state index is 0.128. The van der Waals surface area contributed by atoms with Gasteiger partial charge in [0.1, 0.15) is 0 Å². The average Bonchev–Trinajstić information content (AvgIpc) is 3.27. The molecule has 1 aliphatic carbocycles. The van der Waals surface area contributed by atoms with Crippen molar-refractivity contribution < 1.29 is 17.7 Å². The van der Waals surface area contributed by atoms with Crippen LogP contribution in [-0.2, 0) is 14.8 Å². The number of hydrogen-bond acceptors (Lipinski definition) is 7. The quantitative estimate of drug-likeness (QED) is 0.784. The van der Waals surface area contributed by atoms with Crippen molar-refractivity contribution in [2.45, 2.75) is 50.5 Å². The second kappa shape index (κ2) is 7.22. The molecule has 136 valence electrons. The minimum atomic E-state index is -3.79. The Labute approximate surface area is 150 Å². The summed E-state index contributed by atoms with van der Waals surface area (Å²) in [5.41, 5.74) is 0. The summed E-state index contributed by atoms with van der Waals surface area (Å²) in [5.74, 6) is 0.454. The molecule has 0 radical (unpaired) electrons. The van der Waals surface area contributed by atoms with Crippen molar-refractivity contribution in [1.29, 1.82) is 0 Å². The van der Waals surface area contributed by atoms with Gasteiger partial charge in [-0.3, -0.25) is 4.79 Å². The molecule has 2 aromatic rings. The van der Waals surface area contributed by atoms with Crippen LogP contribution in [0.1, 0.15) is 36.5 Å². The van der Waals surface area contributed by atoms with E-state index in [9.17, 15) is 13.2 Å². The highest BCUT2D eigenvalue weighted by molar-refractivity contribution is 7.89. The van der Waals surface area contributed by atoms with E-state index >= 15 is 0 Å². The van der Waals surface area contributed by atoms with Gasteiger partial charge in [0.2, 0.25) is 27.6 Å². The Hall–Kier alpha value is -1.78. The van der Waals surface area contributed by atoms with Gasteiger partial charge < -0.3 is 9.84 Å². The molecule has 1 fully saturated rings. The second-order valence-electron chi connectivity index (χ2n) is 6.04. The van der Waals surface area contributed by atoms with E-state index < -0.39 is 10.0 Å². The lowest BCUT2D eigenvalue weighted by atomic mass is 10.2. The molecule has 2 N–H and O–H groups in total. The van der Waals surface area contributed by atoms with Gasteiger partial charge in [-0.2, -0.15) is 4.98 Å². The van der Waals surface area contributed by atoms with E-state index in [1.165, 1.54) is 17.4 Å². The largest absolute Gasteiger partial charge is 0.352 e. The maximum absolute atomic E-state index is 12.5. The standard InChI is InChI=1S/C15H20N4O4S2/c1-9-13(7-12(24-9)15-17-10(2)23-19-15)25(21,22)16-8-14(20)18-11-5-3-4-6-11/h7,11,16H,3-6,8H2,1-2H3,(H,18,20). The summed E-state index contributed by atoms with van der Waals surface area (Å²) in [5, 5.41) is 6.65. The van der Waals surface area contributed by atoms with Gasteiger partial charge in [0.25, 0.3) is 0 Å². The zero-order valence-electron chi connectivity index (χ0n) is 14.0. The number of thiophene rings is 1. The molecule has 0 saturated heterocycles. The van der Waals surface area contributed by atoms with Crippen LogP contribution in [-0.4, -0.2) is 37.1 Å². The van der Waals surface area contributed by atoms with Gasteiger partial charge in [0.05, 0.1) is 16.3 Å². The summed E-state index contributed by atoms with van der Waals surface area (Å²) in [4.78, 5) is 17.4. The Morgan fingerprint density at radius 3 is 2.72 bits per heavy atom. The van der Waals surface area contributed by atoms with E-state index in [0.29, 0.717) is 21.5 Å². The van der Waals surface area contributed by atoms with Crippen molar-refractivity contribution >= 4 is 27.3 Å². The van der Waals surface area contributed by atoms with Crippen LogP contribution in [0.2, 0.25) is 0 Å². The van der Waals surface area contributed by atoms with E-state index in [-0.39, 0.29) is 23.4 Å². The number of hydrogen-bond donors (Lipinski definition) is 2. The summed E-state index contributed by atoms with van der Waals surface area (Å²) in [7, 11) is -3.79. The number of carbonyl (C=O) groups is 1. The number of aryl methyl sites for hydroxylation is 2. The van der Waals surface area contributed by atoms with Crippen LogP contribution < -0.4 is 10.0 Å². The fourth-order valence-electron chi connectivity index (χ4n) is 2.83. The Balaban J connectivity index is 1.67. The second-order valence-corrected chi connectivity index (χ2v) is 9.03. The van der Waals surface area contributed by atoms with Crippen LogP contribution in [0.3, 0.4) is 0 Å². The molecule has 25 heavy (non-hydrogen) atoms. The fraction of sp³-hybridized carbons (Fsp3) is 0.533. The summed E-state index contributed by atoms with van der Waals surface area (Å²) in [6.07, 6.45) is 4.11. The van der Waals surface area contributed by atoms with E-state index in [1.807, 2.05) is 0 Å². The minimum Gasteiger partial charge on any atom is -0.352 e. The van der Waals surface area contributed by atoms with Gasteiger partial charge in [0.15, 0.2) is 0 Å². The van der Waals surface area contributed by atoms with Crippen LogP contribution in [0.5, 0.6) is 0 Å². The van der Waals surface area contributed by atoms with E-state index in [4.69, 9.17) is 4.52 Å². The van der Waals surface area contributed by atoms with Crippen molar-refractivity contribution in [2.24, 2.45) is 0 Å². The van der Waals surface area contributed by atoms with Crippen LogP contribution >= 0.6 is 11.3 Å². The van der Waals surface area contributed by atoms with Gasteiger partial charge in [-0.1, -0.05) is 18.0 Å². The van der Waals surface area contributed by atoms with Crippen molar-refractivity contribution in [1.82, 2.24) is 20.2 Å². The first-order valence-electron chi connectivity index (χ1n) is 8.05. The molecular formula is C15H20N4O4S2. The third kappa shape index (κ3) is 4.25. The highest BCUT2D eigenvalue weighted by Crippen LogP contribution is 2.31. The third-order valence-electron chi connectivity index (χ3n) is 4.05. The summed E-state index contributed by atoms with van der Waals surface area (Å²) >= 11 is 1.26. The smallest absolute Gasteiger partial charge is 0.242 e. The monoisotopic (exact) mass is 384 g/mol. The average molecular weight is 384 g/mol. The van der Waals surface area contributed by atoms with Crippen molar-refractivity contribution in [3.8, 4) is 10.7 Å². The molecule has 1 aliphatic rings. The van der Waals surface area contributed by atoms with Gasteiger partial charge in [0, 0.05) is 17.8 Å². The Morgan fingerprint density at radius 1 is 1.36 bits per heavy atom. The highest BCUT2D eigenvalue weighted by Gasteiger charge is 2.23. The van der Waals surface area contributed by atoms with Crippen molar-refractivity contribution in [3.63, 3.8) is 0 Å². The van der Waals surface area contributed by atoms with Gasteiger partial charge in [-0.25, -0.2) is 13.1 Å². The van der Waals surface area contributed by atoms with Crippen LogP contribution in [0, 0.1) is 13.8 Å². The van der Waals surface area contributed by atoms with Crippen LogP contribution in [0.25, 0.3) is 10.7 Å². The lowest BCUT2D eigenvalue weighted by Crippen LogP contribution is -2.40. The third-order valence-corrected chi connectivity index (χ3v) is 6.76. The fourth-order valence-corrected chi connectivity index (χ4v) is 5.33. The number of carbonyl (C=O) groups excluding carboxylic acids is 1. The van der Waals surface area contributed by atoms with Crippen molar-refractivity contribution in [2.75, 3.05) is 6.54 Å². The SMILES string of the molecule is Cc1nc(-c2cc(S(=O)(=O)NCC(=O)NC3CCCC3)c(C)s2)no1. The summed E-state index contributed by atoms with van der Waals surface area (Å²) < 4.78 is 32.3. The highest BCUT2D eigenvalue weighted by atomic mass is 32.2. The van der Waals surface area contributed by atoms with Gasteiger partial charge in [-0.05, 0) is 25.8 Å².